The predicted molar refractivity (Wildman–Crippen MR) is 134 cm³/mol. The normalized spacial score (nSPS) is 19.1. The molecule has 0 unspecified atom stereocenters. The molecule has 3 atom stereocenters. The number of fused-ring (bicyclic) bond motifs is 1. The number of pyridine rings is 1. The third-order valence-electron chi connectivity index (χ3n) is 5.94. The number of likely N-dealkylation sites (N-methyl/N-ethyl adjacent to an activating group) is 1. The van der Waals surface area contributed by atoms with Gasteiger partial charge in [-0.1, -0.05) is 49.1 Å². The first-order chi connectivity index (χ1) is 16.3. The molecule has 182 valence electrons. The van der Waals surface area contributed by atoms with E-state index >= 15 is 0 Å². The minimum absolute atomic E-state index is 0.0469. The number of hydrogen-bond donors (Lipinski definition) is 1. The van der Waals surface area contributed by atoms with Gasteiger partial charge in [0.15, 0.2) is 0 Å². The second-order valence-electron chi connectivity index (χ2n) is 9.42. The van der Waals surface area contributed by atoms with Crippen molar-refractivity contribution in [1.29, 1.82) is 0 Å². The molecule has 0 aliphatic carbocycles. The molecule has 0 saturated carbocycles. The maximum absolute atomic E-state index is 13.5. The van der Waals surface area contributed by atoms with E-state index in [0.717, 1.165) is 6.54 Å². The molecule has 7 nitrogen and oxygen atoms in total. The van der Waals surface area contributed by atoms with Crippen LogP contribution in [0.5, 0.6) is 5.88 Å². The number of nitrogens with zero attached hydrogens (tertiary/aromatic N) is 4. The third-order valence-corrected chi connectivity index (χ3v) is 5.94. The van der Waals surface area contributed by atoms with E-state index in [4.69, 9.17) is 4.74 Å². The van der Waals surface area contributed by atoms with Crippen LogP contribution in [0.2, 0.25) is 0 Å². The number of aliphatic hydroxyl groups is 1. The molecule has 1 aromatic heterocycles. The van der Waals surface area contributed by atoms with Crippen molar-refractivity contribution in [2.45, 2.75) is 32.5 Å². The molecule has 0 fully saturated rings. The first-order valence-electron chi connectivity index (χ1n) is 11.7. The summed E-state index contributed by atoms with van der Waals surface area (Å²) >= 11 is 0. The van der Waals surface area contributed by atoms with E-state index in [9.17, 15) is 9.90 Å². The van der Waals surface area contributed by atoms with Gasteiger partial charge in [0, 0.05) is 37.3 Å². The molecule has 1 aliphatic rings. The summed E-state index contributed by atoms with van der Waals surface area (Å²) in [7, 11) is 5.98. The number of rotatable bonds is 7. The molecule has 7 heteroatoms. The summed E-state index contributed by atoms with van der Waals surface area (Å²) in [5, 5.41) is 9.82. The summed E-state index contributed by atoms with van der Waals surface area (Å²) in [6.07, 6.45) is 1.48. The van der Waals surface area contributed by atoms with Gasteiger partial charge in [-0.2, -0.15) is 0 Å². The second-order valence-corrected chi connectivity index (χ2v) is 9.42. The molecule has 1 aliphatic heterocycles. The highest BCUT2D eigenvalue weighted by Crippen LogP contribution is 2.27. The summed E-state index contributed by atoms with van der Waals surface area (Å²) in [4.78, 5) is 23.9. The fourth-order valence-corrected chi connectivity index (χ4v) is 3.96. The Morgan fingerprint density at radius 1 is 1.26 bits per heavy atom. The molecule has 1 N–H and O–H groups in total. The first kappa shape index (κ1) is 25.7. The number of aromatic nitrogens is 1. The molecule has 0 radical (unpaired) electrons. The number of carbonyl (C=O) groups excluding carboxylic acids is 1. The fraction of sp³-hybridized carbons (Fsp3) is 0.481. The number of aliphatic hydroxyl groups excluding tert-OH is 1. The van der Waals surface area contributed by atoms with Gasteiger partial charge in [0.2, 0.25) is 5.88 Å². The van der Waals surface area contributed by atoms with Gasteiger partial charge in [0.25, 0.3) is 5.91 Å². The Hall–Kier alpha value is -2.92. The minimum Gasteiger partial charge on any atom is -0.472 e. The molecule has 1 amide bonds. The smallest absolute Gasteiger partial charge is 0.259 e. The van der Waals surface area contributed by atoms with Gasteiger partial charge in [-0.05, 0) is 39.7 Å². The Balaban J connectivity index is 1.89. The number of amides is 1. The Labute approximate surface area is 203 Å². The Kier molecular flexibility index (Phi) is 9.05. The lowest BCUT2D eigenvalue weighted by Gasteiger charge is -2.37. The topological polar surface area (TPSA) is 69.1 Å². The van der Waals surface area contributed by atoms with Crippen LogP contribution < -0.4 is 4.74 Å². The van der Waals surface area contributed by atoms with Crippen molar-refractivity contribution < 1.29 is 14.6 Å². The van der Waals surface area contributed by atoms with Crippen LogP contribution in [0.15, 0.2) is 42.6 Å². The van der Waals surface area contributed by atoms with Crippen molar-refractivity contribution in [3.63, 3.8) is 0 Å². The van der Waals surface area contributed by atoms with Crippen LogP contribution in [0.25, 0.3) is 0 Å². The summed E-state index contributed by atoms with van der Waals surface area (Å²) < 4.78 is 6.37. The standard InChI is InChI=1S/C27H36N4O3/c1-20-16-31(21(2)19-32)27(33)24-14-23(12-9-13-29(3)4)15-28-26(24)34-25(20)18-30(5)17-22-10-7-6-8-11-22/h6-8,10-11,14-15,20-21,25,32H,13,16-19H2,1-5H3/t20-,21+,25-/m1/s1. The van der Waals surface area contributed by atoms with Crippen LogP contribution in [-0.4, -0.2) is 90.2 Å². The van der Waals surface area contributed by atoms with E-state index in [-0.39, 0.29) is 30.6 Å². The predicted octanol–water partition coefficient (Wildman–Crippen LogP) is 2.35. The van der Waals surface area contributed by atoms with Crippen LogP contribution in [0.1, 0.15) is 35.3 Å². The van der Waals surface area contributed by atoms with E-state index in [0.29, 0.717) is 36.6 Å². The van der Waals surface area contributed by atoms with Crippen molar-refractivity contribution in [2.75, 3.05) is 47.4 Å². The fourth-order valence-electron chi connectivity index (χ4n) is 3.96. The summed E-state index contributed by atoms with van der Waals surface area (Å²) in [5.41, 5.74) is 2.29. The van der Waals surface area contributed by atoms with Crippen LogP contribution in [0, 0.1) is 17.8 Å². The zero-order valence-corrected chi connectivity index (χ0v) is 20.9. The zero-order chi connectivity index (χ0) is 24.7. The van der Waals surface area contributed by atoms with E-state index in [1.165, 1.54) is 5.56 Å². The second kappa shape index (κ2) is 12.0. The van der Waals surface area contributed by atoms with Crippen molar-refractivity contribution >= 4 is 5.91 Å². The number of ether oxygens (including phenoxy) is 1. The van der Waals surface area contributed by atoms with Crippen LogP contribution in [-0.2, 0) is 6.54 Å². The summed E-state index contributed by atoms with van der Waals surface area (Å²) in [5.74, 6) is 6.34. The summed E-state index contributed by atoms with van der Waals surface area (Å²) in [6.45, 7) is 6.40. The highest BCUT2D eigenvalue weighted by atomic mass is 16.5. The maximum atomic E-state index is 13.5. The van der Waals surface area contributed by atoms with Crippen molar-refractivity contribution in [1.82, 2.24) is 19.7 Å². The van der Waals surface area contributed by atoms with Gasteiger partial charge in [-0.15, -0.1) is 0 Å². The highest BCUT2D eigenvalue weighted by molar-refractivity contribution is 5.97. The molecule has 0 bridgehead atoms. The van der Waals surface area contributed by atoms with Crippen LogP contribution in [0.4, 0.5) is 0 Å². The average molecular weight is 465 g/mol. The molecular weight excluding hydrogens is 428 g/mol. The Morgan fingerprint density at radius 3 is 2.68 bits per heavy atom. The molecule has 2 heterocycles. The lowest BCUT2D eigenvalue weighted by Crippen LogP contribution is -2.49. The summed E-state index contributed by atoms with van der Waals surface area (Å²) in [6, 6.07) is 11.8. The van der Waals surface area contributed by atoms with Gasteiger partial charge >= 0.3 is 0 Å². The maximum Gasteiger partial charge on any atom is 0.259 e. The molecule has 3 rings (SSSR count). The Bertz CT molecular complexity index is 1020. The van der Waals surface area contributed by atoms with Crippen molar-refractivity contribution in [3.8, 4) is 17.7 Å². The Morgan fingerprint density at radius 2 is 2.00 bits per heavy atom. The van der Waals surface area contributed by atoms with E-state index in [1.54, 1.807) is 17.2 Å². The molecule has 2 aromatic rings. The number of carbonyl (C=O) groups is 1. The van der Waals surface area contributed by atoms with Gasteiger partial charge in [0.1, 0.15) is 11.7 Å². The molecule has 1 aromatic carbocycles. The van der Waals surface area contributed by atoms with Gasteiger partial charge < -0.3 is 14.7 Å². The molecular formula is C27H36N4O3. The van der Waals surface area contributed by atoms with Crippen LogP contribution in [0.3, 0.4) is 0 Å². The number of hydrogen-bond acceptors (Lipinski definition) is 6. The van der Waals surface area contributed by atoms with Gasteiger partial charge in [-0.3, -0.25) is 14.6 Å². The van der Waals surface area contributed by atoms with Gasteiger partial charge in [-0.25, -0.2) is 4.98 Å². The SMILES string of the molecule is C[C@@H]1CN([C@@H](C)CO)C(=O)c2cc(C#CCN(C)C)cnc2O[C@@H]1CN(C)Cc1ccccc1. The number of benzene rings is 1. The van der Waals surface area contributed by atoms with Crippen molar-refractivity contribution in [3.05, 3.63) is 59.3 Å². The largest absolute Gasteiger partial charge is 0.472 e. The first-order valence-corrected chi connectivity index (χ1v) is 11.7. The zero-order valence-electron chi connectivity index (χ0n) is 20.9. The quantitative estimate of drug-likeness (QED) is 0.635. The van der Waals surface area contributed by atoms with Crippen LogP contribution >= 0.6 is 0 Å². The highest BCUT2D eigenvalue weighted by Gasteiger charge is 2.34. The lowest BCUT2D eigenvalue weighted by molar-refractivity contribution is 0.0325. The molecule has 0 spiro atoms. The third kappa shape index (κ3) is 6.80. The molecule has 0 saturated heterocycles. The average Bonchev–Trinajstić information content (AvgIpc) is 2.81. The van der Waals surface area contributed by atoms with E-state index in [1.807, 2.05) is 44.1 Å². The van der Waals surface area contributed by atoms with Gasteiger partial charge in [0.05, 0.1) is 19.2 Å². The van der Waals surface area contributed by atoms with E-state index in [2.05, 4.69) is 47.8 Å². The monoisotopic (exact) mass is 464 g/mol. The molecule has 34 heavy (non-hydrogen) atoms. The lowest BCUT2D eigenvalue weighted by atomic mass is 9.99. The van der Waals surface area contributed by atoms with E-state index < -0.39 is 0 Å². The minimum atomic E-state index is -0.313. The van der Waals surface area contributed by atoms with Crippen molar-refractivity contribution in [2.24, 2.45) is 5.92 Å².